The van der Waals surface area contributed by atoms with E-state index in [4.69, 9.17) is 0 Å². The summed E-state index contributed by atoms with van der Waals surface area (Å²) in [6, 6.07) is 0. The SMILES string of the molecule is CC1(C)[CH]C(C)(C)CNC1. The third kappa shape index (κ3) is 1.98. The summed E-state index contributed by atoms with van der Waals surface area (Å²) in [5.74, 6) is 0. The van der Waals surface area contributed by atoms with Gasteiger partial charge in [0.1, 0.15) is 0 Å². The quantitative estimate of drug-likeness (QED) is 0.541. The van der Waals surface area contributed by atoms with Gasteiger partial charge in [0.2, 0.25) is 0 Å². The van der Waals surface area contributed by atoms with Crippen LogP contribution in [0.2, 0.25) is 0 Å². The van der Waals surface area contributed by atoms with Gasteiger partial charge in [-0.25, -0.2) is 0 Å². The van der Waals surface area contributed by atoms with Crippen LogP contribution in [0.5, 0.6) is 0 Å². The molecule has 1 heterocycles. The minimum absolute atomic E-state index is 0.377. The lowest BCUT2D eigenvalue weighted by atomic mass is 9.72. The average Bonchev–Trinajstić information content (AvgIpc) is 1.56. The molecule has 59 valence electrons. The topological polar surface area (TPSA) is 12.0 Å². The zero-order valence-corrected chi connectivity index (χ0v) is 7.49. The lowest BCUT2D eigenvalue weighted by molar-refractivity contribution is 0.227. The molecule has 1 aliphatic heterocycles. The average molecular weight is 140 g/mol. The molecule has 0 unspecified atom stereocenters. The molecule has 0 amide bonds. The van der Waals surface area contributed by atoms with Gasteiger partial charge in [0.25, 0.3) is 0 Å². The zero-order valence-electron chi connectivity index (χ0n) is 7.49. The first kappa shape index (κ1) is 8.06. The number of hydrogen-bond acceptors (Lipinski definition) is 1. The molecule has 1 heteroatoms. The summed E-state index contributed by atoms with van der Waals surface area (Å²) in [7, 11) is 0. The van der Waals surface area contributed by atoms with E-state index >= 15 is 0 Å². The summed E-state index contributed by atoms with van der Waals surface area (Å²) < 4.78 is 0. The summed E-state index contributed by atoms with van der Waals surface area (Å²) in [6.07, 6.45) is 2.45. The molecule has 10 heavy (non-hydrogen) atoms. The molecular formula is C9H18N. The van der Waals surface area contributed by atoms with Gasteiger partial charge < -0.3 is 5.32 Å². The lowest BCUT2D eigenvalue weighted by Gasteiger charge is -2.40. The molecule has 0 bridgehead atoms. The van der Waals surface area contributed by atoms with E-state index in [1.165, 1.54) is 0 Å². The van der Waals surface area contributed by atoms with Crippen molar-refractivity contribution in [2.45, 2.75) is 27.7 Å². The van der Waals surface area contributed by atoms with Crippen molar-refractivity contribution in [3.05, 3.63) is 6.42 Å². The maximum atomic E-state index is 3.43. The first-order valence-corrected chi connectivity index (χ1v) is 3.99. The third-order valence-electron chi connectivity index (χ3n) is 1.94. The van der Waals surface area contributed by atoms with Crippen molar-refractivity contribution in [3.8, 4) is 0 Å². The van der Waals surface area contributed by atoms with Crippen molar-refractivity contribution in [1.29, 1.82) is 0 Å². The highest BCUT2D eigenvalue weighted by Gasteiger charge is 2.32. The molecule has 1 N–H and O–H groups in total. The molecule has 0 aliphatic carbocycles. The van der Waals surface area contributed by atoms with E-state index in [9.17, 15) is 0 Å². The lowest BCUT2D eigenvalue weighted by Crippen LogP contribution is -2.46. The van der Waals surface area contributed by atoms with Crippen molar-refractivity contribution in [2.75, 3.05) is 13.1 Å². The molecule has 0 saturated carbocycles. The van der Waals surface area contributed by atoms with Crippen LogP contribution in [0, 0.1) is 17.3 Å². The fraction of sp³-hybridized carbons (Fsp3) is 0.889. The van der Waals surface area contributed by atoms with Gasteiger partial charge in [0, 0.05) is 13.1 Å². The molecule has 0 aromatic carbocycles. The van der Waals surface area contributed by atoms with Crippen molar-refractivity contribution < 1.29 is 0 Å². The van der Waals surface area contributed by atoms with Gasteiger partial charge in [0.05, 0.1) is 0 Å². The first-order valence-electron chi connectivity index (χ1n) is 3.99. The standard InChI is InChI=1S/C9H18N/c1-8(2)5-9(3,4)7-10-6-8/h5,10H,6-7H2,1-4H3. The predicted octanol–water partition coefficient (Wildman–Crippen LogP) is 1.85. The van der Waals surface area contributed by atoms with Crippen LogP contribution in [0.1, 0.15) is 27.7 Å². The van der Waals surface area contributed by atoms with Crippen LogP contribution in [-0.4, -0.2) is 13.1 Å². The molecule has 0 aromatic heterocycles. The van der Waals surface area contributed by atoms with E-state index in [-0.39, 0.29) is 0 Å². The van der Waals surface area contributed by atoms with Crippen LogP contribution >= 0.6 is 0 Å². The van der Waals surface area contributed by atoms with Crippen LogP contribution in [-0.2, 0) is 0 Å². The minimum atomic E-state index is 0.377. The number of rotatable bonds is 0. The Kier molecular flexibility index (Phi) is 1.80. The molecule has 1 radical (unpaired) electrons. The van der Waals surface area contributed by atoms with Gasteiger partial charge in [0.15, 0.2) is 0 Å². The van der Waals surface area contributed by atoms with Crippen LogP contribution in [0.15, 0.2) is 0 Å². The van der Waals surface area contributed by atoms with Crippen LogP contribution < -0.4 is 5.32 Å². The predicted molar refractivity (Wildman–Crippen MR) is 44.7 cm³/mol. The highest BCUT2D eigenvalue weighted by molar-refractivity contribution is 5.01. The highest BCUT2D eigenvalue weighted by Crippen LogP contribution is 2.34. The van der Waals surface area contributed by atoms with E-state index < -0.39 is 0 Å². The summed E-state index contributed by atoms with van der Waals surface area (Å²) in [5, 5.41) is 3.43. The second kappa shape index (κ2) is 2.23. The van der Waals surface area contributed by atoms with E-state index in [1.807, 2.05) is 0 Å². The van der Waals surface area contributed by atoms with Gasteiger partial charge >= 0.3 is 0 Å². The van der Waals surface area contributed by atoms with Gasteiger partial charge in [-0.3, -0.25) is 0 Å². The van der Waals surface area contributed by atoms with Crippen molar-refractivity contribution >= 4 is 0 Å². The van der Waals surface area contributed by atoms with Crippen LogP contribution in [0.25, 0.3) is 0 Å². The second-order valence-electron chi connectivity index (χ2n) is 4.73. The molecule has 1 fully saturated rings. The highest BCUT2D eigenvalue weighted by atomic mass is 14.9. The molecule has 0 spiro atoms. The Balaban J connectivity index is 2.56. The maximum Gasteiger partial charge on any atom is 0.000572 e. The smallest absolute Gasteiger partial charge is 0.000572 e. The molecule has 1 rings (SSSR count). The molecule has 0 aromatic rings. The molecule has 1 nitrogen and oxygen atoms in total. The van der Waals surface area contributed by atoms with Gasteiger partial charge in [-0.1, -0.05) is 27.7 Å². The first-order chi connectivity index (χ1) is 4.41. The van der Waals surface area contributed by atoms with Crippen LogP contribution in [0.4, 0.5) is 0 Å². The number of hydrogen-bond donors (Lipinski definition) is 1. The number of piperidine rings is 1. The molecular weight excluding hydrogens is 122 g/mol. The van der Waals surface area contributed by atoms with Crippen molar-refractivity contribution in [2.24, 2.45) is 10.8 Å². The Hall–Kier alpha value is -0.0400. The van der Waals surface area contributed by atoms with E-state index in [0.717, 1.165) is 13.1 Å². The Morgan fingerprint density at radius 3 is 1.60 bits per heavy atom. The molecule has 1 saturated heterocycles. The monoisotopic (exact) mass is 140 g/mol. The van der Waals surface area contributed by atoms with Crippen LogP contribution in [0.3, 0.4) is 0 Å². The number of nitrogens with one attached hydrogen (secondary N) is 1. The third-order valence-corrected chi connectivity index (χ3v) is 1.94. The second-order valence-corrected chi connectivity index (χ2v) is 4.73. The Morgan fingerprint density at radius 2 is 1.40 bits per heavy atom. The zero-order chi connectivity index (χ0) is 7.83. The Labute approximate surface area is 64.2 Å². The fourth-order valence-electron chi connectivity index (χ4n) is 1.87. The normalized spacial score (nSPS) is 30.0. The summed E-state index contributed by atoms with van der Waals surface area (Å²) in [6.45, 7) is 11.4. The van der Waals surface area contributed by atoms with Crippen molar-refractivity contribution in [3.63, 3.8) is 0 Å². The largest absolute Gasteiger partial charge is 0.316 e. The van der Waals surface area contributed by atoms with Gasteiger partial charge in [-0.2, -0.15) is 0 Å². The fourth-order valence-corrected chi connectivity index (χ4v) is 1.87. The molecule has 0 atom stereocenters. The maximum absolute atomic E-state index is 3.43. The summed E-state index contributed by atoms with van der Waals surface area (Å²) in [4.78, 5) is 0. The summed E-state index contributed by atoms with van der Waals surface area (Å²) >= 11 is 0. The summed E-state index contributed by atoms with van der Waals surface area (Å²) in [5.41, 5.74) is 0.753. The Bertz CT molecular complexity index is 111. The van der Waals surface area contributed by atoms with Crippen molar-refractivity contribution in [1.82, 2.24) is 5.32 Å². The van der Waals surface area contributed by atoms with E-state index in [1.54, 1.807) is 0 Å². The van der Waals surface area contributed by atoms with Gasteiger partial charge in [-0.15, -0.1) is 0 Å². The van der Waals surface area contributed by atoms with E-state index in [2.05, 4.69) is 39.4 Å². The Morgan fingerprint density at radius 1 is 1.00 bits per heavy atom. The molecule has 1 aliphatic rings. The van der Waals surface area contributed by atoms with E-state index in [0.29, 0.717) is 10.8 Å². The van der Waals surface area contributed by atoms with Gasteiger partial charge in [-0.05, 0) is 17.3 Å². The minimum Gasteiger partial charge on any atom is -0.316 e.